The van der Waals surface area contributed by atoms with Gasteiger partial charge in [-0.25, -0.2) is 4.79 Å². The second-order valence-corrected chi connectivity index (χ2v) is 7.40. The molecule has 3 aromatic carbocycles. The van der Waals surface area contributed by atoms with E-state index in [2.05, 4.69) is 15.8 Å². The predicted molar refractivity (Wildman–Crippen MR) is 111 cm³/mol. The number of hydrazone groups is 1. The van der Waals surface area contributed by atoms with Crippen LogP contribution in [0, 0.1) is 0 Å². The third-order valence-corrected chi connectivity index (χ3v) is 5.79. The van der Waals surface area contributed by atoms with Crippen LogP contribution >= 0.6 is 0 Å². The number of hydrogen-bond donors (Lipinski definition) is 2. The van der Waals surface area contributed by atoms with Crippen LogP contribution in [-0.4, -0.2) is 11.6 Å². The first-order valence-electron chi connectivity index (χ1n) is 9.36. The molecular formula is C23H15N3O3. The van der Waals surface area contributed by atoms with Crippen molar-refractivity contribution in [3.63, 3.8) is 0 Å². The van der Waals surface area contributed by atoms with Gasteiger partial charge in [0.1, 0.15) is 5.58 Å². The first-order chi connectivity index (χ1) is 14.2. The molecule has 2 aliphatic rings. The molecule has 0 radical (unpaired) electrons. The maximum atomic E-state index is 12.8. The van der Waals surface area contributed by atoms with Gasteiger partial charge in [-0.1, -0.05) is 48.5 Å². The summed E-state index contributed by atoms with van der Waals surface area (Å²) in [4.78, 5) is 25.5. The molecule has 140 valence electrons. The Morgan fingerprint density at radius 2 is 1.76 bits per heavy atom. The summed E-state index contributed by atoms with van der Waals surface area (Å²) < 4.78 is 5.60. The lowest BCUT2D eigenvalue weighted by Gasteiger charge is -2.20. The number of para-hydroxylation sites is 1. The van der Waals surface area contributed by atoms with Gasteiger partial charge in [0.25, 0.3) is 5.91 Å². The van der Waals surface area contributed by atoms with Crippen molar-refractivity contribution in [2.75, 3.05) is 5.32 Å². The lowest BCUT2D eigenvalue weighted by molar-refractivity contribution is -0.121. The molecule has 6 rings (SSSR count). The van der Waals surface area contributed by atoms with Crippen molar-refractivity contribution < 1.29 is 9.21 Å². The molecule has 0 saturated carbocycles. The fraction of sp³-hybridized carbons (Fsp3) is 0.0870. The molecule has 6 heteroatoms. The highest BCUT2D eigenvalue weighted by Crippen LogP contribution is 2.41. The van der Waals surface area contributed by atoms with Crippen molar-refractivity contribution in [1.29, 1.82) is 0 Å². The second-order valence-electron chi connectivity index (χ2n) is 7.40. The van der Waals surface area contributed by atoms with E-state index < -0.39 is 11.2 Å². The van der Waals surface area contributed by atoms with Crippen LogP contribution in [0.15, 0.2) is 81.0 Å². The molecule has 0 aliphatic carbocycles. The SMILES string of the molecule is O=C1Nc2ccccc2C12CC(c1cc3c(ccc4ccccc43)oc1=O)=NN2. The Morgan fingerprint density at radius 3 is 2.69 bits per heavy atom. The van der Waals surface area contributed by atoms with Gasteiger partial charge in [-0.05, 0) is 29.0 Å². The highest BCUT2D eigenvalue weighted by atomic mass is 16.4. The maximum absolute atomic E-state index is 12.8. The molecule has 2 N–H and O–H groups in total. The fourth-order valence-electron chi connectivity index (χ4n) is 4.32. The van der Waals surface area contributed by atoms with Gasteiger partial charge in [-0.15, -0.1) is 0 Å². The van der Waals surface area contributed by atoms with E-state index >= 15 is 0 Å². The highest BCUT2D eigenvalue weighted by molar-refractivity contribution is 6.14. The van der Waals surface area contributed by atoms with Crippen LogP contribution in [0.25, 0.3) is 21.7 Å². The number of carbonyl (C=O) groups excluding carboxylic acids is 1. The number of rotatable bonds is 1. The standard InChI is InChI=1S/C23H15N3O3/c27-21-16(11-15-14-6-2-1-5-13(14)9-10-20(15)29-21)19-12-23(26-25-19)17-7-3-4-8-18(17)24-22(23)28/h1-11,26H,12H2,(H,24,28). The topological polar surface area (TPSA) is 83.7 Å². The van der Waals surface area contributed by atoms with Crippen LogP contribution in [0.3, 0.4) is 0 Å². The van der Waals surface area contributed by atoms with Crippen LogP contribution in [0.1, 0.15) is 17.5 Å². The number of amides is 1. The molecule has 2 aliphatic heterocycles. The summed E-state index contributed by atoms with van der Waals surface area (Å²) >= 11 is 0. The van der Waals surface area contributed by atoms with Gasteiger partial charge in [-0.2, -0.15) is 5.10 Å². The Kier molecular flexibility index (Phi) is 3.07. The van der Waals surface area contributed by atoms with Crippen molar-refractivity contribution in [3.05, 3.63) is 88.3 Å². The molecule has 29 heavy (non-hydrogen) atoms. The highest BCUT2D eigenvalue weighted by Gasteiger charge is 2.50. The van der Waals surface area contributed by atoms with Gasteiger partial charge in [0.2, 0.25) is 0 Å². The molecule has 1 aromatic heterocycles. The van der Waals surface area contributed by atoms with Crippen molar-refractivity contribution in [2.24, 2.45) is 5.10 Å². The summed E-state index contributed by atoms with van der Waals surface area (Å²) in [6.45, 7) is 0. The van der Waals surface area contributed by atoms with E-state index in [9.17, 15) is 9.59 Å². The lowest BCUT2D eigenvalue weighted by Crippen LogP contribution is -2.43. The Balaban J connectivity index is 1.50. The van der Waals surface area contributed by atoms with Crippen molar-refractivity contribution in [2.45, 2.75) is 12.0 Å². The molecular weight excluding hydrogens is 366 g/mol. The average molecular weight is 381 g/mol. The molecule has 4 aromatic rings. The maximum Gasteiger partial charge on any atom is 0.345 e. The van der Waals surface area contributed by atoms with Gasteiger partial charge in [0, 0.05) is 23.1 Å². The minimum Gasteiger partial charge on any atom is -0.422 e. The number of hydrogen-bond acceptors (Lipinski definition) is 5. The van der Waals surface area contributed by atoms with Crippen molar-refractivity contribution in [1.82, 2.24) is 5.43 Å². The van der Waals surface area contributed by atoms with Crippen LogP contribution in [0.4, 0.5) is 5.69 Å². The molecule has 6 nitrogen and oxygen atoms in total. The fourth-order valence-corrected chi connectivity index (χ4v) is 4.32. The second kappa shape index (κ2) is 5.54. The van der Waals surface area contributed by atoms with E-state index in [1.54, 1.807) is 6.07 Å². The number of nitrogens with one attached hydrogen (secondary N) is 2. The Bertz CT molecular complexity index is 1440. The molecule has 1 unspecified atom stereocenters. The summed E-state index contributed by atoms with van der Waals surface area (Å²) in [6.07, 6.45) is 0.275. The van der Waals surface area contributed by atoms with E-state index in [1.807, 2.05) is 60.7 Å². The normalized spacial score (nSPS) is 20.0. The largest absolute Gasteiger partial charge is 0.422 e. The minimum absolute atomic E-state index is 0.173. The van der Waals surface area contributed by atoms with Gasteiger partial charge >= 0.3 is 5.63 Å². The summed E-state index contributed by atoms with van der Waals surface area (Å²) in [6, 6.07) is 21.0. The van der Waals surface area contributed by atoms with Gasteiger partial charge in [0.05, 0.1) is 11.3 Å². The van der Waals surface area contributed by atoms with Crippen LogP contribution in [0.2, 0.25) is 0 Å². The number of fused-ring (bicyclic) bond motifs is 5. The summed E-state index contributed by atoms with van der Waals surface area (Å²) in [5.74, 6) is -0.173. The van der Waals surface area contributed by atoms with Crippen LogP contribution in [-0.2, 0) is 10.3 Å². The van der Waals surface area contributed by atoms with E-state index in [0.717, 1.165) is 27.4 Å². The Morgan fingerprint density at radius 1 is 0.931 bits per heavy atom. The smallest absolute Gasteiger partial charge is 0.345 e. The van der Waals surface area contributed by atoms with Crippen LogP contribution < -0.4 is 16.4 Å². The van der Waals surface area contributed by atoms with Crippen molar-refractivity contribution in [3.8, 4) is 0 Å². The van der Waals surface area contributed by atoms with E-state index in [4.69, 9.17) is 4.42 Å². The molecule has 1 atom stereocenters. The molecule has 3 heterocycles. The van der Waals surface area contributed by atoms with Crippen molar-refractivity contribution >= 4 is 39.0 Å². The molecule has 0 bridgehead atoms. The van der Waals surface area contributed by atoms with Crippen LogP contribution in [0.5, 0.6) is 0 Å². The number of nitrogens with zero attached hydrogens (tertiary/aromatic N) is 1. The Labute approximate surface area is 164 Å². The summed E-state index contributed by atoms with van der Waals surface area (Å²) in [7, 11) is 0. The zero-order chi connectivity index (χ0) is 19.6. The lowest BCUT2D eigenvalue weighted by atomic mass is 9.86. The molecule has 1 amide bonds. The monoisotopic (exact) mass is 381 g/mol. The third-order valence-electron chi connectivity index (χ3n) is 5.79. The first kappa shape index (κ1) is 16.1. The third kappa shape index (κ3) is 2.14. The average Bonchev–Trinajstić information content (AvgIpc) is 3.30. The summed E-state index contributed by atoms with van der Waals surface area (Å²) in [5.41, 5.74) is 4.55. The quantitative estimate of drug-likeness (QED) is 0.391. The van der Waals surface area contributed by atoms with Gasteiger partial charge in [0.15, 0.2) is 5.54 Å². The van der Waals surface area contributed by atoms with E-state index in [0.29, 0.717) is 16.9 Å². The summed E-state index contributed by atoms with van der Waals surface area (Å²) in [5, 5.41) is 10.2. The minimum atomic E-state index is -0.994. The zero-order valence-corrected chi connectivity index (χ0v) is 15.2. The Hall–Kier alpha value is -3.93. The van der Waals surface area contributed by atoms with Gasteiger partial charge in [-0.3, -0.25) is 10.2 Å². The number of carbonyl (C=O) groups is 1. The predicted octanol–water partition coefficient (Wildman–Crippen LogP) is 3.49. The molecule has 0 fully saturated rings. The van der Waals surface area contributed by atoms with E-state index in [-0.39, 0.29) is 12.3 Å². The van der Waals surface area contributed by atoms with E-state index in [1.165, 1.54) is 0 Å². The molecule has 0 saturated heterocycles. The molecule has 1 spiro atoms. The number of anilines is 1. The number of benzene rings is 3. The zero-order valence-electron chi connectivity index (χ0n) is 15.2. The first-order valence-corrected chi connectivity index (χ1v) is 9.36. The van der Waals surface area contributed by atoms with Gasteiger partial charge < -0.3 is 9.73 Å².